The zero-order chi connectivity index (χ0) is 10.7. The molecule has 1 unspecified atom stereocenters. The summed E-state index contributed by atoms with van der Waals surface area (Å²) in [5.41, 5.74) is 0. The first-order valence-electron chi connectivity index (χ1n) is 5.98. The third-order valence-electron chi connectivity index (χ3n) is 3.39. The molecule has 2 saturated heterocycles. The van der Waals surface area contributed by atoms with E-state index in [4.69, 9.17) is 0 Å². The van der Waals surface area contributed by atoms with Gasteiger partial charge >= 0.3 is 0 Å². The lowest BCUT2D eigenvalue weighted by Crippen LogP contribution is -2.44. The Kier molecular flexibility index (Phi) is 3.59. The summed E-state index contributed by atoms with van der Waals surface area (Å²) in [6.07, 6.45) is 3.27. The van der Waals surface area contributed by atoms with Gasteiger partial charge in [0, 0.05) is 21.1 Å². The maximum Gasteiger partial charge on any atom is 0.239 e. The highest BCUT2D eigenvalue weighted by Crippen LogP contribution is 2.10. The molecule has 4 nitrogen and oxygen atoms in total. The number of hydrogen-bond acceptors (Lipinski definition) is 3. The van der Waals surface area contributed by atoms with E-state index in [1.165, 1.54) is 0 Å². The quantitative estimate of drug-likeness (QED) is 0.673. The van der Waals surface area contributed by atoms with Crippen molar-refractivity contribution in [2.45, 2.75) is 25.3 Å². The van der Waals surface area contributed by atoms with Gasteiger partial charge in [-0.2, -0.15) is 0 Å². The van der Waals surface area contributed by atoms with Gasteiger partial charge in [-0.25, -0.2) is 0 Å². The lowest BCUT2D eigenvalue weighted by Gasteiger charge is -2.23. The zero-order valence-corrected chi connectivity index (χ0v) is 9.54. The van der Waals surface area contributed by atoms with Gasteiger partial charge in [-0.05, 0) is 39.4 Å². The van der Waals surface area contributed by atoms with Crippen LogP contribution in [0.4, 0.5) is 0 Å². The first-order chi connectivity index (χ1) is 7.27. The second kappa shape index (κ2) is 4.94. The fourth-order valence-electron chi connectivity index (χ4n) is 2.38. The van der Waals surface area contributed by atoms with Crippen LogP contribution in [0.15, 0.2) is 0 Å². The van der Waals surface area contributed by atoms with E-state index in [1.807, 2.05) is 4.90 Å². The fraction of sp³-hybridized carbons (Fsp3) is 0.909. The van der Waals surface area contributed by atoms with Crippen molar-refractivity contribution in [3.05, 3.63) is 0 Å². The molecule has 0 radical (unpaired) electrons. The van der Waals surface area contributed by atoms with E-state index in [2.05, 4.69) is 17.3 Å². The Morgan fingerprint density at radius 2 is 2.13 bits per heavy atom. The van der Waals surface area contributed by atoms with E-state index in [9.17, 15) is 4.79 Å². The number of nitrogens with one attached hydrogen (secondary N) is 1. The predicted molar refractivity (Wildman–Crippen MR) is 61.8 cm³/mol. The molecule has 2 aliphatic rings. The van der Waals surface area contributed by atoms with E-state index in [0.717, 1.165) is 52.0 Å². The van der Waals surface area contributed by atoms with Gasteiger partial charge in [-0.15, -0.1) is 0 Å². The van der Waals surface area contributed by atoms with Crippen LogP contribution < -0.4 is 5.32 Å². The van der Waals surface area contributed by atoms with Crippen molar-refractivity contribution in [1.29, 1.82) is 0 Å². The van der Waals surface area contributed by atoms with Gasteiger partial charge in [0.2, 0.25) is 5.91 Å². The van der Waals surface area contributed by atoms with Crippen LogP contribution in [0.2, 0.25) is 0 Å². The predicted octanol–water partition coefficient (Wildman–Crippen LogP) is 0.149. The molecule has 2 fully saturated rings. The van der Waals surface area contributed by atoms with E-state index in [0.29, 0.717) is 5.91 Å². The van der Waals surface area contributed by atoms with Crippen molar-refractivity contribution in [3.63, 3.8) is 0 Å². The van der Waals surface area contributed by atoms with E-state index >= 15 is 0 Å². The first kappa shape index (κ1) is 10.9. The normalized spacial score (nSPS) is 29.1. The topological polar surface area (TPSA) is 35.6 Å². The number of rotatable bonds is 1. The van der Waals surface area contributed by atoms with Gasteiger partial charge < -0.3 is 15.1 Å². The van der Waals surface area contributed by atoms with Crippen LogP contribution in [0.5, 0.6) is 0 Å². The molecule has 4 heteroatoms. The SMILES string of the molecule is CN1CCCN(C(=O)C2CCCN2)CC1.[HH]. The summed E-state index contributed by atoms with van der Waals surface area (Å²) >= 11 is 0. The smallest absolute Gasteiger partial charge is 0.239 e. The summed E-state index contributed by atoms with van der Waals surface area (Å²) in [6, 6.07) is 0.105. The average molecular weight is 213 g/mol. The molecule has 0 aromatic carbocycles. The summed E-state index contributed by atoms with van der Waals surface area (Å²) < 4.78 is 0. The minimum absolute atomic E-state index is 0. The summed E-state index contributed by atoms with van der Waals surface area (Å²) in [5, 5.41) is 3.28. The van der Waals surface area contributed by atoms with Crippen LogP contribution in [-0.2, 0) is 4.79 Å². The van der Waals surface area contributed by atoms with Crippen molar-refractivity contribution in [2.24, 2.45) is 0 Å². The molecule has 2 heterocycles. The van der Waals surface area contributed by atoms with Crippen molar-refractivity contribution in [1.82, 2.24) is 15.1 Å². The molecule has 1 N–H and O–H groups in total. The largest absolute Gasteiger partial charge is 0.340 e. The van der Waals surface area contributed by atoms with Gasteiger partial charge in [0.15, 0.2) is 0 Å². The maximum atomic E-state index is 12.1. The van der Waals surface area contributed by atoms with Gasteiger partial charge in [0.1, 0.15) is 0 Å². The standard InChI is InChI=1S/C11H21N3O.H2/c1-13-6-3-7-14(9-8-13)11(15)10-4-2-5-12-10;/h10,12H,2-9H2,1H3;1H. The van der Waals surface area contributed by atoms with Crippen molar-refractivity contribution in [3.8, 4) is 0 Å². The Morgan fingerprint density at radius 1 is 1.27 bits per heavy atom. The molecule has 0 spiro atoms. The molecular formula is C11H23N3O. The van der Waals surface area contributed by atoms with Crippen LogP contribution in [0.3, 0.4) is 0 Å². The summed E-state index contributed by atoms with van der Waals surface area (Å²) in [6.45, 7) is 4.96. The van der Waals surface area contributed by atoms with Crippen LogP contribution in [0.25, 0.3) is 0 Å². The Morgan fingerprint density at radius 3 is 2.87 bits per heavy atom. The second-order valence-electron chi connectivity index (χ2n) is 4.63. The zero-order valence-electron chi connectivity index (χ0n) is 9.54. The number of nitrogens with zero attached hydrogens (tertiary/aromatic N) is 2. The molecule has 1 atom stereocenters. The molecule has 2 aliphatic heterocycles. The van der Waals surface area contributed by atoms with Crippen molar-refractivity contribution < 1.29 is 6.22 Å². The van der Waals surface area contributed by atoms with Crippen LogP contribution in [0, 0.1) is 0 Å². The Bertz CT molecular complexity index is 231. The molecule has 0 aromatic rings. The lowest BCUT2D eigenvalue weighted by atomic mass is 10.2. The van der Waals surface area contributed by atoms with Gasteiger partial charge in [-0.1, -0.05) is 0 Å². The van der Waals surface area contributed by atoms with E-state index in [1.54, 1.807) is 0 Å². The minimum Gasteiger partial charge on any atom is -0.340 e. The molecule has 0 bridgehead atoms. The molecule has 0 saturated carbocycles. The number of carbonyl (C=O) groups is 1. The van der Waals surface area contributed by atoms with E-state index in [-0.39, 0.29) is 7.47 Å². The summed E-state index contributed by atoms with van der Waals surface area (Å²) in [7, 11) is 2.13. The average Bonchev–Trinajstić information content (AvgIpc) is 2.67. The van der Waals surface area contributed by atoms with Crippen molar-refractivity contribution >= 4 is 5.91 Å². The van der Waals surface area contributed by atoms with E-state index < -0.39 is 0 Å². The third kappa shape index (κ3) is 2.69. The number of hydrogen-bond donors (Lipinski definition) is 1. The lowest BCUT2D eigenvalue weighted by molar-refractivity contribution is -0.132. The molecular weight excluding hydrogens is 190 g/mol. The highest BCUT2D eigenvalue weighted by Gasteiger charge is 2.27. The number of carbonyl (C=O) groups excluding carboxylic acids is 1. The molecule has 0 aliphatic carbocycles. The Labute approximate surface area is 93.1 Å². The molecule has 0 aromatic heterocycles. The molecule has 15 heavy (non-hydrogen) atoms. The Balaban J connectivity index is 0.00000128. The minimum atomic E-state index is 0. The highest BCUT2D eigenvalue weighted by atomic mass is 16.2. The van der Waals surface area contributed by atoms with Gasteiger partial charge in [0.05, 0.1) is 6.04 Å². The number of amides is 1. The maximum absolute atomic E-state index is 12.1. The highest BCUT2D eigenvalue weighted by molar-refractivity contribution is 5.82. The molecule has 1 amide bonds. The van der Waals surface area contributed by atoms with Crippen LogP contribution in [0.1, 0.15) is 20.7 Å². The number of likely N-dealkylation sites (N-methyl/N-ethyl adjacent to an activating group) is 1. The fourth-order valence-corrected chi connectivity index (χ4v) is 2.38. The Hall–Kier alpha value is -0.610. The summed E-state index contributed by atoms with van der Waals surface area (Å²) in [5.74, 6) is 0.322. The molecule has 2 rings (SSSR count). The third-order valence-corrected chi connectivity index (χ3v) is 3.39. The molecule has 88 valence electrons. The van der Waals surface area contributed by atoms with Gasteiger partial charge in [0.25, 0.3) is 0 Å². The second-order valence-corrected chi connectivity index (χ2v) is 4.63. The van der Waals surface area contributed by atoms with Gasteiger partial charge in [-0.3, -0.25) is 4.79 Å². The van der Waals surface area contributed by atoms with Crippen LogP contribution >= 0.6 is 0 Å². The summed E-state index contributed by atoms with van der Waals surface area (Å²) in [4.78, 5) is 16.4. The first-order valence-corrected chi connectivity index (χ1v) is 5.98. The van der Waals surface area contributed by atoms with Crippen molar-refractivity contribution in [2.75, 3.05) is 39.8 Å². The van der Waals surface area contributed by atoms with Crippen LogP contribution in [-0.4, -0.2) is 61.5 Å². The monoisotopic (exact) mass is 213 g/mol.